The van der Waals surface area contributed by atoms with Gasteiger partial charge in [0.15, 0.2) is 5.75 Å². The average molecular weight is 332 g/mol. The lowest BCUT2D eigenvalue weighted by molar-refractivity contribution is 0.217. The number of anilines is 1. The molecule has 0 radical (unpaired) electrons. The summed E-state index contributed by atoms with van der Waals surface area (Å²) < 4.78 is 19.0. The Balaban J connectivity index is 1.73. The lowest BCUT2D eigenvalue weighted by Crippen LogP contribution is -2.40. The molecule has 1 aliphatic heterocycles. The number of carbonyl (C=O) groups excluding carboxylic acids is 1. The summed E-state index contributed by atoms with van der Waals surface area (Å²) in [7, 11) is 0. The molecule has 6 heteroatoms. The Kier molecular flexibility index (Phi) is 5.02. The molecule has 0 unspecified atom stereocenters. The van der Waals surface area contributed by atoms with Crippen LogP contribution in [0, 0.1) is 5.82 Å². The molecule has 0 spiro atoms. The molecule has 1 fully saturated rings. The summed E-state index contributed by atoms with van der Waals surface area (Å²) in [5.74, 6) is 2.41. The van der Waals surface area contributed by atoms with Crippen LogP contribution in [-0.4, -0.2) is 35.5 Å². The van der Waals surface area contributed by atoms with E-state index in [-0.39, 0.29) is 11.8 Å². The molecule has 1 saturated heterocycles. The number of urea groups is 1. The Bertz CT molecular complexity index is 690. The van der Waals surface area contributed by atoms with Gasteiger partial charge in [-0.1, -0.05) is 18.2 Å². The second kappa shape index (κ2) is 7.37. The normalized spacial score (nSPS) is 14.4. The molecule has 120 valence electrons. The van der Waals surface area contributed by atoms with E-state index in [1.54, 1.807) is 29.2 Å². The minimum absolute atomic E-state index is 0.138. The molecule has 0 aromatic heterocycles. The van der Waals surface area contributed by atoms with E-state index in [1.807, 2.05) is 23.9 Å². The zero-order valence-corrected chi connectivity index (χ0v) is 13.3. The highest BCUT2D eigenvalue weighted by atomic mass is 32.2. The van der Waals surface area contributed by atoms with Gasteiger partial charge in [0.05, 0.1) is 5.69 Å². The molecule has 1 N–H and O–H groups in total. The van der Waals surface area contributed by atoms with Crippen LogP contribution in [0.15, 0.2) is 48.5 Å². The molecule has 0 saturated carbocycles. The van der Waals surface area contributed by atoms with Crippen molar-refractivity contribution in [3.8, 4) is 11.5 Å². The molecule has 3 rings (SSSR count). The molecule has 23 heavy (non-hydrogen) atoms. The molecule has 0 aliphatic carbocycles. The number of para-hydroxylation sites is 2. The van der Waals surface area contributed by atoms with Crippen molar-refractivity contribution in [3.63, 3.8) is 0 Å². The summed E-state index contributed by atoms with van der Waals surface area (Å²) in [6.45, 7) is 1.48. The van der Waals surface area contributed by atoms with Crippen molar-refractivity contribution in [2.45, 2.75) is 0 Å². The molecule has 0 atom stereocenters. The van der Waals surface area contributed by atoms with Crippen LogP contribution in [0.4, 0.5) is 14.9 Å². The summed E-state index contributed by atoms with van der Waals surface area (Å²) >= 11 is 1.85. The average Bonchev–Trinajstić information content (AvgIpc) is 2.57. The number of rotatable bonds is 3. The summed E-state index contributed by atoms with van der Waals surface area (Å²) in [6.07, 6.45) is 0. The fourth-order valence-corrected chi connectivity index (χ4v) is 3.18. The zero-order chi connectivity index (χ0) is 16.1. The predicted molar refractivity (Wildman–Crippen MR) is 90.8 cm³/mol. The van der Waals surface area contributed by atoms with Gasteiger partial charge < -0.3 is 15.0 Å². The third-order valence-corrected chi connectivity index (χ3v) is 4.39. The molecular formula is C17H17FN2O2S. The van der Waals surface area contributed by atoms with Crippen LogP contribution in [0.5, 0.6) is 11.5 Å². The van der Waals surface area contributed by atoms with E-state index in [9.17, 15) is 9.18 Å². The van der Waals surface area contributed by atoms with Crippen LogP contribution in [0.3, 0.4) is 0 Å². The quantitative estimate of drug-likeness (QED) is 0.916. The number of nitrogens with one attached hydrogen (secondary N) is 1. The predicted octanol–water partition coefficient (Wildman–Crippen LogP) is 4.20. The topological polar surface area (TPSA) is 41.6 Å². The number of halogens is 1. The van der Waals surface area contributed by atoms with Gasteiger partial charge in [-0.05, 0) is 24.3 Å². The van der Waals surface area contributed by atoms with E-state index in [0.717, 1.165) is 24.6 Å². The second-order valence-electron chi connectivity index (χ2n) is 5.09. The van der Waals surface area contributed by atoms with Crippen LogP contribution in [-0.2, 0) is 0 Å². The number of ether oxygens (including phenoxy) is 1. The van der Waals surface area contributed by atoms with Crippen LogP contribution < -0.4 is 10.1 Å². The molecule has 1 aliphatic rings. The maximum Gasteiger partial charge on any atom is 0.322 e. The number of nitrogens with zero attached hydrogens (tertiary/aromatic N) is 1. The number of benzene rings is 2. The number of thioether (sulfide) groups is 1. The molecule has 4 nitrogen and oxygen atoms in total. The number of amides is 2. The summed E-state index contributed by atoms with van der Waals surface area (Å²) in [4.78, 5) is 14.1. The third-order valence-electron chi connectivity index (χ3n) is 3.45. The van der Waals surface area contributed by atoms with Gasteiger partial charge in [0.1, 0.15) is 11.6 Å². The molecule has 2 amide bonds. The highest BCUT2D eigenvalue weighted by Crippen LogP contribution is 2.29. The summed E-state index contributed by atoms with van der Waals surface area (Å²) in [5, 5.41) is 2.87. The first-order chi connectivity index (χ1) is 11.2. The van der Waals surface area contributed by atoms with E-state index < -0.39 is 0 Å². The Morgan fingerprint density at radius 2 is 1.91 bits per heavy atom. The van der Waals surface area contributed by atoms with Gasteiger partial charge in [-0.15, -0.1) is 0 Å². The van der Waals surface area contributed by atoms with Crippen LogP contribution in [0.2, 0.25) is 0 Å². The Labute approximate surface area is 138 Å². The van der Waals surface area contributed by atoms with Gasteiger partial charge in [0.2, 0.25) is 0 Å². The van der Waals surface area contributed by atoms with Crippen molar-refractivity contribution in [2.24, 2.45) is 0 Å². The molecule has 2 aromatic rings. The number of hydrogen-bond donors (Lipinski definition) is 1. The first-order valence-corrected chi connectivity index (χ1v) is 8.54. The number of carbonyl (C=O) groups is 1. The van der Waals surface area contributed by atoms with Crippen molar-refractivity contribution in [2.75, 3.05) is 29.9 Å². The molecule has 2 aromatic carbocycles. The first-order valence-electron chi connectivity index (χ1n) is 7.38. The Morgan fingerprint density at radius 3 is 2.70 bits per heavy atom. The molecule has 0 bridgehead atoms. The fourth-order valence-electron chi connectivity index (χ4n) is 2.28. The second-order valence-corrected chi connectivity index (χ2v) is 6.31. The Hall–Kier alpha value is -2.21. The zero-order valence-electron chi connectivity index (χ0n) is 12.5. The highest BCUT2D eigenvalue weighted by Gasteiger charge is 2.18. The van der Waals surface area contributed by atoms with Crippen LogP contribution in [0.25, 0.3) is 0 Å². The monoisotopic (exact) mass is 332 g/mol. The van der Waals surface area contributed by atoms with Crippen molar-refractivity contribution in [3.05, 3.63) is 54.3 Å². The van der Waals surface area contributed by atoms with E-state index in [4.69, 9.17) is 4.74 Å². The minimum atomic E-state index is -0.366. The van der Waals surface area contributed by atoms with Crippen molar-refractivity contribution in [1.82, 2.24) is 4.90 Å². The van der Waals surface area contributed by atoms with Gasteiger partial charge in [-0.2, -0.15) is 11.8 Å². The lowest BCUT2D eigenvalue weighted by Gasteiger charge is -2.26. The van der Waals surface area contributed by atoms with Crippen molar-refractivity contribution < 1.29 is 13.9 Å². The first kappa shape index (κ1) is 15.7. The van der Waals surface area contributed by atoms with Gasteiger partial charge in [-0.3, -0.25) is 0 Å². The molecular weight excluding hydrogens is 315 g/mol. The molecule has 1 heterocycles. The Morgan fingerprint density at radius 1 is 1.13 bits per heavy atom. The van der Waals surface area contributed by atoms with Gasteiger partial charge in [-0.25, -0.2) is 9.18 Å². The van der Waals surface area contributed by atoms with Gasteiger partial charge in [0.25, 0.3) is 0 Å². The summed E-state index contributed by atoms with van der Waals surface area (Å²) in [6, 6.07) is 12.9. The van der Waals surface area contributed by atoms with Gasteiger partial charge in [0, 0.05) is 30.7 Å². The lowest BCUT2D eigenvalue weighted by atomic mass is 10.3. The maximum absolute atomic E-state index is 13.3. The maximum atomic E-state index is 13.3. The van der Waals surface area contributed by atoms with E-state index in [1.165, 1.54) is 12.1 Å². The van der Waals surface area contributed by atoms with Crippen molar-refractivity contribution in [1.29, 1.82) is 0 Å². The van der Waals surface area contributed by atoms with Crippen LogP contribution >= 0.6 is 11.8 Å². The smallest absolute Gasteiger partial charge is 0.322 e. The minimum Gasteiger partial charge on any atom is -0.455 e. The van der Waals surface area contributed by atoms with E-state index in [0.29, 0.717) is 17.2 Å². The third kappa shape index (κ3) is 4.16. The summed E-state index contributed by atoms with van der Waals surface area (Å²) in [5.41, 5.74) is 0.569. The largest absolute Gasteiger partial charge is 0.455 e. The fraction of sp³-hybridized carbons (Fsp3) is 0.235. The highest BCUT2D eigenvalue weighted by molar-refractivity contribution is 7.99. The van der Waals surface area contributed by atoms with Crippen LogP contribution in [0.1, 0.15) is 0 Å². The van der Waals surface area contributed by atoms with E-state index in [2.05, 4.69) is 5.32 Å². The van der Waals surface area contributed by atoms with E-state index >= 15 is 0 Å². The van der Waals surface area contributed by atoms with Gasteiger partial charge >= 0.3 is 6.03 Å². The standard InChI is InChI=1S/C17H17FN2O2S/c18-13-4-3-5-14(12-13)22-16-7-2-1-6-15(16)19-17(21)20-8-10-23-11-9-20/h1-7,12H,8-11H2,(H,19,21). The number of hydrogen-bond acceptors (Lipinski definition) is 3. The van der Waals surface area contributed by atoms with Crippen molar-refractivity contribution >= 4 is 23.5 Å². The SMILES string of the molecule is O=C(Nc1ccccc1Oc1cccc(F)c1)N1CCSCC1.